The van der Waals surface area contributed by atoms with Crippen molar-refractivity contribution in [3.63, 3.8) is 0 Å². The Balaban J connectivity index is 1.66. The number of carbonyl (C=O) groups is 1. The average molecular weight is 333 g/mol. The summed E-state index contributed by atoms with van der Waals surface area (Å²) in [5, 5.41) is 1.20. The van der Waals surface area contributed by atoms with Gasteiger partial charge in [-0.2, -0.15) is 0 Å². The van der Waals surface area contributed by atoms with Crippen molar-refractivity contribution < 1.29 is 9.21 Å². The fourth-order valence-corrected chi connectivity index (χ4v) is 3.84. The monoisotopic (exact) mass is 333 g/mol. The number of hydrogen-bond donors (Lipinski definition) is 0. The van der Waals surface area contributed by atoms with Crippen LogP contribution in [0.3, 0.4) is 0 Å². The third-order valence-electron chi connectivity index (χ3n) is 4.27. The van der Waals surface area contributed by atoms with Crippen molar-refractivity contribution in [1.29, 1.82) is 0 Å². The van der Waals surface area contributed by atoms with E-state index in [0.29, 0.717) is 23.3 Å². The van der Waals surface area contributed by atoms with Gasteiger partial charge in [-0.25, -0.2) is 9.97 Å². The van der Waals surface area contributed by atoms with Crippen molar-refractivity contribution in [2.24, 2.45) is 0 Å². The number of thiazole rings is 1. The number of hydrogen-bond acceptors (Lipinski definition) is 5. The van der Waals surface area contributed by atoms with Gasteiger partial charge in [0, 0.05) is 36.0 Å². The Labute approximate surface area is 140 Å². The topological polar surface area (TPSA) is 59.2 Å². The molecule has 23 heavy (non-hydrogen) atoms. The van der Waals surface area contributed by atoms with Crippen molar-refractivity contribution in [3.05, 3.63) is 33.4 Å². The van der Waals surface area contributed by atoms with Gasteiger partial charge in [-0.15, -0.1) is 11.3 Å². The summed E-state index contributed by atoms with van der Waals surface area (Å²) in [6.45, 7) is 9.45. The predicted octanol–water partition coefficient (Wildman–Crippen LogP) is 3.89. The number of rotatable bonds is 3. The van der Waals surface area contributed by atoms with Gasteiger partial charge in [0.2, 0.25) is 5.76 Å². The largest absolute Gasteiger partial charge is 0.435 e. The lowest BCUT2D eigenvalue weighted by Crippen LogP contribution is -2.38. The van der Waals surface area contributed by atoms with Crippen LogP contribution >= 0.6 is 11.3 Å². The predicted molar refractivity (Wildman–Crippen MR) is 90.1 cm³/mol. The molecule has 1 saturated heterocycles. The fourth-order valence-electron chi connectivity index (χ4n) is 2.90. The van der Waals surface area contributed by atoms with Gasteiger partial charge in [-0.3, -0.25) is 4.79 Å². The van der Waals surface area contributed by atoms with Gasteiger partial charge >= 0.3 is 0 Å². The summed E-state index contributed by atoms with van der Waals surface area (Å²) in [4.78, 5) is 24.7. The van der Waals surface area contributed by atoms with Gasteiger partial charge in [0.25, 0.3) is 5.91 Å². The van der Waals surface area contributed by atoms with E-state index in [1.807, 2.05) is 31.9 Å². The lowest BCUT2D eigenvalue weighted by Gasteiger charge is -2.30. The number of aryl methyl sites for hydroxylation is 2. The molecule has 1 fully saturated rings. The first-order valence-electron chi connectivity index (χ1n) is 8.14. The Hall–Kier alpha value is -1.69. The van der Waals surface area contributed by atoms with E-state index < -0.39 is 0 Å². The van der Waals surface area contributed by atoms with E-state index in [0.717, 1.165) is 25.9 Å². The van der Waals surface area contributed by atoms with Crippen LogP contribution in [0.15, 0.2) is 10.6 Å². The van der Waals surface area contributed by atoms with Crippen LogP contribution in [0, 0.1) is 13.8 Å². The summed E-state index contributed by atoms with van der Waals surface area (Å²) in [5.41, 5.74) is 0.691. The Kier molecular flexibility index (Phi) is 4.53. The van der Waals surface area contributed by atoms with E-state index in [2.05, 4.69) is 16.9 Å². The van der Waals surface area contributed by atoms with Crippen LogP contribution in [-0.2, 0) is 0 Å². The molecule has 124 valence electrons. The van der Waals surface area contributed by atoms with Crippen LogP contribution in [0.5, 0.6) is 0 Å². The number of oxazole rings is 1. The smallest absolute Gasteiger partial charge is 0.291 e. The molecule has 1 aliphatic heterocycles. The normalized spacial score (nSPS) is 16.3. The Bertz CT molecular complexity index is 697. The molecule has 6 heteroatoms. The second-order valence-electron chi connectivity index (χ2n) is 6.50. The third kappa shape index (κ3) is 3.32. The van der Waals surface area contributed by atoms with Gasteiger partial charge in [0.15, 0.2) is 5.89 Å². The van der Waals surface area contributed by atoms with E-state index >= 15 is 0 Å². The number of aromatic nitrogens is 2. The summed E-state index contributed by atoms with van der Waals surface area (Å²) >= 11 is 1.77. The zero-order valence-corrected chi connectivity index (χ0v) is 14.9. The number of likely N-dealkylation sites (tertiary alicyclic amines) is 1. The maximum Gasteiger partial charge on any atom is 0.291 e. The van der Waals surface area contributed by atoms with Crippen LogP contribution in [0.25, 0.3) is 0 Å². The van der Waals surface area contributed by atoms with Gasteiger partial charge in [0.1, 0.15) is 0 Å². The lowest BCUT2D eigenvalue weighted by atomic mass is 9.97. The van der Waals surface area contributed by atoms with Gasteiger partial charge in [-0.1, -0.05) is 13.8 Å². The SMILES string of the molecule is Cc1cnc(C2CCN(C(=O)c3oc(C(C)C)nc3C)CC2)s1. The number of nitrogens with zero attached hydrogens (tertiary/aromatic N) is 3. The summed E-state index contributed by atoms with van der Waals surface area (Å²) in [7, 11) is 0. The Morgan fingerprint density at radius 3 is 2.57 bits per heavy atom. The van der Waals surface area contributed by atoms with Crippen molar-refractivity contribution >= 4 is 17.2 Å². The van der Waals surface area contributed by atoms with Crippen LogP contribution in [-0.4, -0.2) is 33.9 Å². The molecule has 0 aromatic carbocycles. The molecule has 0 atom stereocenters. The minimum Gasteiger partial charge on any atom is -0.435 e. The van der Waals surface area contributed by atoms with Crippen LogP contribution < -0.4 is 0 Å². The minimum atomic E-state index is -0.0318. The van der Waals surface area contributed by atoms with E-state index in [9.17, 15) is 4.79 Å². The van der Waals surface area contributed by atoms with Crippen LogP contribution in [0.4, 0.5) is 0 Å². The molecule has 0 saturated carbocycles. The summed E-state index contributed by atoms with van der Waals surface area (Å²) < 4.78 is 5.69. The second-order valence-corrected chi connectivity index (χ2v) is 7.76. The Morgan fingerprint density at radius 2 is 2.04 bits per heavy atom. The average Bonchev–Trinajstić information content (AvgIpc) is 3.13. The van der Waals surface area contributed by atoms with E-state index in [4.69, 9.17) is 4.42 Å². The van der Waals surface area contributed by atoms with Crippen LogP contribution in [0.2, 0.25) is 0 Å². The molecule has 1 aliphatic rings. The molecule has 0 aliphatic carbocycles. The van der Waals surface area contributed by atoms with E-state index in [1.54, 1.807) is 11.3 Å². The van der Waals surface area contributed by atoms with E-state index in [1.165, 1.54) is 9.88 Å². The van der Waals surface area contributed by atoms with E-state index in [-0.39, 0.29) is 11.8 Å². The molecular formula is C17H23N3O2S. The Morgan fingerprint density at radius 1 is 1.35 bits per heavy atom. The molecule has 3 rings (SSSR count). The first-order valence-corrected chi connectivity index (χ1v) is 8.96. The molecule has 3 heterocycles. The standard InChI is InChI=1S/C17H23N3O2S/c1-10(2)15-19-12(4)14(22-15)17(21)20-7-5-13(6-8-20)16-18-9-11(3)23-16/h9-10,13H,5-8H2,1-4H3. The van der Waals surface area contributed by atoms with Gasteiger partial charge in [0.05, 0.1) is 10.7 Å². The van der Waals surface area contributed by atoms with Gasteiger partial charge in [-0.05, 0) is 26.7 Å². The lowest BCUT2D eigenvalue weighted by molar-refractivity contribution is 0.0677. The molecule has 0 spiro atoms. The molecule has 5 nitrogen and oxygen atoms in total. The first kappa shape index (κ1) is 16.2. The van der Waals surface area contributed by atoms with Crippen molar-refractivity contribution in [3.8, 4) is 0 Å². The molecule has 0 radical (unpaired) electrons. The second kappa shape index (κ2) is 6.43. The quantitative estimate of drug-likeness (QED) is 0.855. The zero-order chi connectivity index (χ0) is 16.6. The molecule has 1 amide bonds. The highest BCUT2D eigenvalue weighted by Gasteiger charge is 2.29. The van der Waals surface area contributed by atoms with Crippen molar-refractivity contribution in [1.82, 2.24) is 14.9 Å². The summed E-state index contributed by atoms with van der Waals surface area (Å²) in [6.07, 6.45) is 3.86. The summed E-state index contributed by atoms with van der Waals surface area (Å²) in [6, 6.07) is 0. The highest BCUT2D eigenvalue weighted by molar-refractivity contribution is 7.11. The fraction of sp³-hybridized carbons (Fsp3) is 0.588. The third-order valence-corrected chi connectivity index (χ3v) is 5.35. The zero-order valence-electron chi connectivity index (χ0n) is 14.1. The summed E-state index contributed by atoms with van der Waals surface area (Å²) in [5.74, 6) is 1.67. The van der Waals surface area contributed by atoms with Gasteiger partial charge < -0.3 is 9.32 Å². The van der Waals surface area contributed by atoms with Crippen molar-refractivity contribution in [2.75, 3.05) is 13.1 Å². The highest BCUT2D eigenvalue weighted by Crippen LogP contribution is 2.31. The minimum absolute atomic E-state index is 0.0318. The molecule has 2 aromatic rings. The van der Waals surface area contributed by atoms with Crippen LogP contribution in [0.1, 0.15) is 70.5 Å². The molecule has 0 bridgehead atoms. The molecule has 0 N–H and O–H groups in total. The highest BCUT2D eigenvalue weighted by atomic mass is 32.1. The number of piperidine rings is 1. The molecule has 2 aromatic heterocycles. The van der Waals surface area contributed by atoms with Crippen molar-refractivity contribution in [2.45, 2.75) is 52.4 Å². The number of carbonyl (C=O) groups excluding carboxylic acids is 1. The maximum atomic E-state index is 12.7. The maximum absolute atomic E-state index is 12.7. The first-order chi connectivity index (χ1) is 11.0. The molecule has 0 unspecified atom stereocenters. The number of amides is 1. The molecular weight excluding hydrogens is 310 g/mol.